The summed E-state index contributed by atoms with van der Waals surface area (Å²) in [5.41, 5.74) is 21.2. The van der Waals surface area contributed by atoms with Gasteiger partial charge in [0.2, 0.25) is 0 Å². The van der Waals surface area contributed by atoms with Gasteiger partial charge in [-0.2, -0.15) is 10.5 Å². The van der Waals surface area contributed by atoms with Gasteiger partial charge in [-0.1, -0.05) is 167 Å². The molecule has 0 radical (unpaired) electrons. The van der Waals surface area contributed by atoms with E-state index in [4.69, 9.17) is 87.5 Å². The van der Waals surface area contributed by atoms with Gasteiger partial charge in [-0.15, -0.1) is 0 Å². The zero-order valence-corrected chi connectivity index (χ0v) is 75.0. The van der Waals surface area contributed by atoms with E-state index in [0.717, 1.165) is 164 Å². The van der Waals surface area contributed by atoms with E-state index in [1.807, 2.05) is 176 Å². The fourth-order valence-corrected chi connectivity index (χ4v) is 19.3. The van der Waals surface area contributed by atoms with Crippen LogP contribution in [0, 0.1) is 40.2 Å². The van der Waals surface area contributed by atoms with E-state index in [1.54, 1.807) is 52.0 Å². The number of halogens is 8. The summed E-state index contributed by atoms with van der Waals surface area (Å²) in [6.07, 6.45) is 2.50. The first-order valence-corrected chi connectivity index (χ1v) is 44.2. The Kier molecular flexibility index (Phi) is 26.7. The molecule has 5 atom stereocenters. The number of aromatic amines is 5. The van der Waals surface area contributed by atoms with Crippen LogP contribution in [0.1, 0.15) is 146 Å². The molecule has 10 aromatic carbocycles. The molecule has 646 valence electrons. The fourth-order valence-electron chi connectivity index (χ4n) is 18.0. The number of nitrogens with zero attached hydrogens (tertiary/aromatic N) is 6. The van der Waals surface area contributed by atoms with E-state index in [-0.39, 0.29) is 54.6 Å². The molecular formula is C99H86BrCl5F2N12O8. The molecule has 0 saturated carbocycles. The third-order valence-corrected chi connectivity index (χ3v) is 25.3. The Morgan fingerprint density at radius 1 is 0.425 bits per heavy atom. The number of hydrogen-bond donors (Lipinski definition) is 6. The summed E-state index contributed by atoms with van der Waals surface area (Å²) in [6.45, 7) is 9.63. The maximum Gasteiger partial charge on any atom is 0.410 e. The van der Waals surface area contributed by atoms with Gasteiger partial charge in [0.1, 0.15) is 24.2 Å². The van der Waals surface area contributed by atoms with Crippen LogP contribution in [0.3, 0.4) is 0 Å². The van der Waals surface area contributed by atoms with Crippen LogP contribution < -0.4 is 5.32 Å². The minimum atomic E-state index is -0.828. The van der Waals surface area contributed by atoms with E-state index in [0.29, 0.717) is 88.6 Å². The number of ether oxygens (including phenoxy) is 4. The average Bonchev–Trinajstić information content (AvgIpc) is 1.67. The van der Waals surface area contributed by atoms with Crippen molar-refractivity contribution >= 4 is 153 Å². The molecule has 20 nitrogen and oxygen atoms in total. The van der Waals surface area contributed by atoms with E-state index in [9.17, 15) is 28.0 Å². The van der Waals surface area contributed by atoms with Gasteiger partial charge in [0.15, 0.2) is 11.6 Å². The highest BCUT2D eigenvalue weighted by Gasteiger charge is 2.41. The first-order valence-electron chi connectivity index (χ1n) is 41.6. The van der Waals surface area contributed by atoms with Crippen LogP contribution in [0.15, 0.2) is 217 Å². The van der Waals surface area contributed by atoms with Crippen molar-refractivity contribution in [1.82, 2.24) is 49.8 Å². The van der Waals surface area contributed by atoms with Gasteiger partial charge in [0, 0.05) is 151 Å². The highest BCUT2D eigenvalue weighted by atomic mass is 79.9. The molecule has 5 unspecified atom stereocenters. The van der Waals surface area contributed by atoms with Crippen molar-refractivity contribution < 1.29 is 46.9 Å². The molecule has 15 aromatic rings. The van der Waals surface area contributed by atoms with Crippen molar-refractivity contribution in [2.24, 2.45) is 5.92 Å². The number of nitriles is 2. The molecule has 127 heavy (non-hydrogen) atoms. The zero-order valence-electron chi connectivity index (χ0n) is 69.6. The van der Waals surface area contributed by atoms with E-state index in [1.165, 1.54) is 37.0 Å². The molecule has 20 rings (SSSR count). The molecule has 0 fully saturated rings. The average molecular weight is 1870 g/mol. The molecular weight excluding hydrogens is 1780 g/mol. The Labute approximate surface area is 764 Å². The number of carbonyl (C=O) groups excluding carboxylic acids is 4. The smallest absolute Gasteiger partial charge is 0.410 e. The molecule has 5 aliphatic heterocycles. The Bertz CT molecular complexity index is 6760. The minimum Gasteiger partial charge on any atom is -0.453 e. The van der Waals surface area contributed by atoms with Gasteiger partial charge >= 0.3 is 24.4 Å². The predicted molar refractivity (Wildman–Crippen MR) is 496 cm³/mol. The van der Waals surface area contributed by atoms with Crippen molar-refractivity contribution in [3.8, 4) is 12.1 Å². The van der Waals surface area contributed by atoms with Crippen LogP contribution in [0.4, 0.5) is 28.0 Å². The number of methoxy groups -OCH3 is 2. The normalized spacial score (nSPS) is 16.6. The molecule has 10 heterocycles. The Balaban J connectivity index is 0.000000117. The van der Waals surface area contributed by atoms with Crippen molar-refractivity contribution in [2.45, 2.75) is 83.1 Å². The number of amides is 4. The number of hydrogen-bond acceptors (Lipinski definition) is 11. The second-order valence-electron chi connectivity index (χ2n) is 31.7. The number of H-pyrrole nitrogens is 5. The standard InChI is InChI=1S/C22H23ClN2O2.C21H18ClN3O2.C20H16ClN3O2.C19H16BrClN2O2.C17H13ClF2N2/c1-14(2)13-27-22(26)25-11-10-17-18-12-16(23)8-9-19(18)24-20(17)21(25)15-6-4-3-5-7-15;1-2-27-21(26)25-10-9-16-17-11-15(22)7-8-18(17)24-19(16)20(25)14-5-3-13(12-23)4-6-14;1-26-20(25)24-9-8-15-16-10-14(21)6-7-17(16)23-18(15)19(24)13-4-2-12(11-22)3-5-13;1-25-19(24)23-8-7-14-15-10-13(21)5-6-16(15)22-17(14)18(23)11-3-2-4-12(20)9-11;18-9-4-5-14-12(8-9)10-6-7-21-16(17(10)22-14)11-2-1-3-13(19)15(11)20/h3-9,12,14,21,24H,10-11,13H2,1-2H3;3-8,11,20,24H,2,9-10H2,1H3;2-7,10,19,23H,8-9H2,1H3;2-6,9-10,18,22H,7-8H2,1H3;1-5,8,16,21-22H,6-7H2. The molecule has 5 aliphatic rings. The Morgan fingerprint density at radius 3 is 1.14 bits per heavy atom. The first kappa shape index (κ1) is 88.2. The Hall–Kier alpha value is -12.3. The molecule has 0 saturated heterocycles. The lowest BCUT2D eigenvalue weighted by molar-refractivity contribution is 0.0796. The third kappa shape index (κ3) is 18.3. The second-order valence-corrected chi connectivity index (χ2v) is 34.8. The summed E-state index contributed by atoms with van der Waals surface area (Å²) in [4.78, 5) is 74.5. The lowest BCUT2D eigenvalue weighted by Gasteiger charge is -2.35. The number of carbonyl (C=O) groups is 4. The van der Waals surface area contributed by atoms with Gasteiger partial charge in [0.05, 0.1) is 56.7 Å². The fraction of sp³-hybridized carbons (Fsp3) is 0.232. The monoisotopic (exact) mass is 1860 g/mol. The number of nitrogens with one attached hydrogen (secondary N) is 6. The highest BCUT2D eigenvalue weighted by Crippen LogP contribution is 2.46. The maximum atomic E-state index is 14.1. The van der Waals surface area contributed by atoms with Gasteiger partial charge < -0.3 is 49.2 Å². The van der Waals surface area contributed by atoms with Gasteiger partial charge in [-0.25, -0.2) is 28.0 Å². The third-order valence-electron chi connectivity index (χ3n) is 23.6. The molecule has 28 heteroatoms. The SMILES string of the molecule is CC(C)COC(=O)N1CCc2c([nH]c3ccc(Cl)cc23)C1c1ccccc1.CCOC(=O)N1CCc2c([nH]c3ccc(Cl)cc23)C1c1ccc(C#N)cc1.COC(=O)N1CCc2c([nH]c3ccc(Cl)cc23)C1c1ccc(C#N)cc1.COC(=O)N1CCc2c([nH]c3ccc(Cl)cc23)C1c1cccc(Br)c1.Fc1cccc(C2NCCc3c2[nH]c2ccc(Cl)cc32)c1F. The first-order chi connectivity index (χ1) is 61.5. The quantitative estimate of drug-likeness (QED) is 0.0780. The van der Waals surface area contributed by atoms with Crippen LogP contribution in [0.25, 0.3) is 54.5 Å². The van der Waals surface area contributed by atoms with Crippen LogP contribution >= 0.6 is 73.9 Å². The van der Waals surface area contributed by atoms with Crippen molar-refractivity contribution in [1.29, 1.82) is 10.5 Å². The van der Waals surface area contributed by atoms with Gasteiger partial charge in [-0.3, -0.25) is 19.6 Å². The molecule has 5 aromatic heterocycles. The number of aromatic nitrogens is 5. The highest BCUT2D eigenvalue weighted by molar-refractivity contribution is 9.10. The molecule has 6 N–H and O–H groups in total. The largest absolute Gasteiger partial charge is 0.453 e. The number of fused-ring (bicyclic) bond motifs is 15. The topological polar surface area (TPSA) is 257 Å². The van der Waals surface area contributed by atoms with Crippen LogP contribution in [-0.2, 0) is 51.1 Å². The van der Waals surface area contributed by atoms with E-state index >= 15 is 0 Å². The number of rotatable bonds is 8. The van der Waals surface area contributed by atoms with Gasteiger partial charge in [0.25, 0.3) is 0 Å². The molecule has 4 amide bonds. The second kappa shape index (κ2) is 38.5. The maximum absolute atomic E-state index is 14.1. The van der Waals surface area contributed by atoms with Crippen molar-refractivity contribution in [2.75, 3.05) is 60.2 Å². The number of benzene rings is 10. The summed E-state index contributed by atoms with van der Waals surface area (Å²) in [7, 11) is 2.81. The Morgan fingerprint density at radius 2 is 0.772 bits per heavy atom. The molecule has 0 bridgehead atoms. The minimum absolute atomic E-state index is 0.194. The van der Waals surface area contributed by atoms with Gasteiger partial charge in [-0.05, 0) is 228 Å². The molecule has 0 spiro atoms. The predicted octanol–water partition coefficient (Wildman–Crippen LogP) is 24.4. The lowest BCUT2D eigenvalue weighted by atomic mass is 9.92. The van der Waals surface area contributed by atoms with Crippen molar-refractivity contribution in [3.05, 3.63) is 349 Å². The van der Waals surface area contributed by atoms with Crippen LogP contribution in [0.2, 0.25) is 25.1 Å². The summed E-state index contributed by atoms with van der Waals surface area (Å²) in [6, 6.07) is 68.7. The van der Waals surface area contributed by atoms with Crippen LogP contribution in [0.5, 0.6) is 0 Å². The van der Waals surface area contributed by atoms with E-state index < -0.39 is 11.6 Å². The van der Waals surface area contributed by atoms with E-state index in [2.05, 4.69) is 70.4 Å². The molecule has 0 aliphatic carbocycles. The summed E-state index contributed by atoms with van der Waals surface area (Å²) in [5.74, 6) is -1.32. The summed E-state index contributed by atoms with van der Waals surface area (Å²) < 4.78 is 49.5. The lowest BCUT2D eigenvalue weighted by Crippen LogP contribution is -2.41. The van der Waals surface area contributed by atoms with Crippen LogP contribution in [-0.4, -0.2) is 129 Å². The summed E-state index contributed by atoms with van der Waals surface area (Å²) in [5, 5.41) is 30.3. The summed E-state index contributed by atoms with van der Waals surface area (Å²) >= 11 is 34.4. The van der Waals surface area contributed by atoms with Crippen molar-refractivity contribution in [3.63, 3.8) is 0 Å². The zero-order chi connectivity index (χ0) is 89.0.